The number of aromatic nitrogens is 1. The van der Waals surface area contributed by atoms with E-state index < -0.39 is 0 Å². The summed E-state index contributed by atoms with van der Waals surface area (Å²) in [4.78, 5) is 21.5. The highest BCUT2D eigenvalue weighted by atomic mass is 32.1. The smallest absolute Gasteiger partial charge is 0.266 e. The van der Waals surface area contributed by atoms with Crippen LogP contribution in [0.15, 0.2) is 6.07 Å². The average molecular weight is 358 g/mol. The molecule has 1 amide bonds. The van der Waals surface area contributed by atoms with E-state index in [-0.39, 0.29) is 5.91 Å². The fraction of sp³-hybridized carbons (Fsp3) is 0.600. The summed E-state index contributed by atoms with van der Waals surface area (Å²) in [6.07, 6.45) is 9.34. The van der Waals surface area contributed by atoms with Gasteiger partial charge in [0.05, 0.1) is 5.69 Å². The number of nitrogen functional groups attached to an aromatic ring is 1. The van der Waals surface area contributed by atoms with E-state index in [1.807, 2.05) is 4.90 Å². The van der Waals surface area contributed by atoms with Gasteiger partial charge in [0.15, 0.2) is 0 Å². The van der Waals surface area contributed by atoms with Gasteiger partial charge in [0.1, 0.15) is 9.71 Å². The van der Waals surface area contributed by atoms with Crippen LogP contribution in [0.2, 0.25) is 0 Å². The predicted octanol–water partition coefficient (Wildman–Crippen LogP) is 4.41. The molecule has 0 spiro atoms. The molecule has 134 valence electrons. The Balaban J connectivity index is 1.68. The lowest BCUT2D eigenvalue weighted by atomic mass is 9.96. The topological polar surface area (TPSA) is 59.2 Å². The molecule has 1 aliphatic carbocycles. The van der Waals surface area contributed by atoms with Gasteiger partial charge in [-0.1, -0.05) is 19.8 Å². The zero-order valence-electron chi connectivity index (χ0n) is 15.0. The molecule has 1 saturated heterocycles. The molecule has 5 heteroatoms. The minimum Gasteiger partial charge on any atom is -0.397 e. The first-order valence-corrected chi connectivity index (χ1v) is 10.4. The first-order valence-electron chi connectivity index (χ1n) is 9.63. The van der Waals surface area contributed by atoms with Gasteiger partial charge < -0.3 is 10.6 Å². The predicted molar refractivity (Wildman–Crippen MR) is 104 cm³/mol. The molecule has 0 radical (unpaired) electrons. The third-order valence-corrected chi connectivity index (χ3v) is 6.87. The molecule has 0 aromatic carbocycles. The summed E-state index contributed by atoms with van der Waals surface area (Å²) in [5, 5.41) is 0.984. The van der Waals surface area contributed by atoms with Crippen LogP contribution < -0.4 is 5.73 Å². The number of rotatable bonds is 1. The molecule has 0 saturated carbocycles. The minimum atomic E-state index is 0.0971. The zero-order valence-corrected chi connectivity index (χ0v) is 15.8. The Hall–Kier alpha value is -1.62. The third kappa shape index (κ3) is 3.26. The second-order valence-electron chi connectivity index (χ2n) is 7.68. The van der Waals surface area contributed by atoms with Crippen molar-refractivity contribution < 1.29 is 4.79 Å². The van der Waals surface area contributed by atoms with Crippen LogP contribution in [0, 0.1) is 5.92 Å². The van der Waals surface area contributed by atoms with Gasteiger partial charge in [-0.15, -0.1) is 11.3 Å². The van der Waals surface area contributed by atoms with Crippen LogP contribution in [0.5, 0.6) is 0 Å². The molecule has 0 unspecified atom stereocenters. The number of piperidine rings is 1. The lowest BCUT2D eigenvalue weighted by Crippen LogP contribution is -2.37. The van der Waals surface area contributed by atoms with Gasteiger partial charge >= 0.3 is 0 Å². The van der Waals surface area contributed by atoms with Crippen LogP contribution in [0.1, 0.15) is 66.4 Å². The van der Waals surface area contributed by atoms with Crippen molar-refractivity contribution in [2.75, 3.05) is 18.8 Å². The molecule has 4 rings (SSSR count). The maximum absolute atomic E-state index is 13.0. The summed E-state index contributed by atoms with van der Waals surface area (Å²) in [5.74, 6) is 0.810. The van der Waals surface area contributed by atoms with Gasteiger partial charge in [-0.2, -0.15) is 0 Å². The summed E-state index contributed by atoms with van der Waals surface area (Å²) in [7, 11) is 0. The second kappa shape index (κ2) is 6.94. The largest absolute Gasteiger partial charge is 0.397 e. The molecule has 3 heterocycles. The van der Waals surface area contributed by atoms with Gasteiger partial charge in [-0.3, -0.25) is 4.79 Å². The van der Waals surface area contributed by atoms with Crippen molar-refractivity contribution in [1.29, 1.82) is 0 Å². The van der Waals surface area contributed by atoms with Crippen LogP contribution in [-0.2, 0) is 12.8 Å². The Morgan fingerprint density at radius 3 is 2.68 bits per heavy atom. The van der Waals surface area contributed by atoms with Gasteiger partial charge in [-0.05, 0) is 56.1 Å². The molecule has 0 atom stereocenters. The van der Waals surface area contributed by atoms with E-state index in [4.69, 9.17) is 10.7 Å². The van der Waals surface area contributed by atoms with Crippen molar-refractivity contribution >= 4 is 33.1 Å². The summed E-state index contributed by atoms with van der Waals surface area (Å²) >= 11 is 1.48. The lowest BCUT2D eigenvalue weighted by molar-refractivity contribution is 0.0703. The number of amides is 1. The molecule has 25 heavy (non-hydrogen) atoms. The van der Waals surface area contributed by atoms with E-state index in [1.165, 1.54) is 48.3 Å². The van der Waals surface area contributed by atoms with Crippen LogP contribution in [0.3, 0.4) is 0 Å². The SMILES string of the molecule is CC1CCN(C(=O)c2sc3nc4c(cc3c2N)CCCCCC4)CC1. The molecule has 2 aromatic rings. The van der Waals surface area contributed by atoms with Crippen molar-refractivity contribution in [2.45, 2.75) is 58.3 Å². The first-order chi connectivity index (χ1) is 12.1. The van der Waals surface area contributed by atoms with E-state index in [9.17, 15) is 4.79 Å². The normalized spacial score (nSPS) is 19.5. The fourth-order valence-electron chi connectivity index (χ4n) is 4.03. The van der Waals surface area contributed by atoms with Crippen molar-refractivity contribution in [3.63, 3.8) is 0 Å². The van der Waals surface area contributed by atoms with Crippen LogP contribution in [0.4, 0.5) is 5.69 Å². The number of hydrogen-bond acceptors (Lipinski definition) is 4. The number of likely N-dealkylation sites (tertiary alicyclic amines) is 1. The molecule has 1 fully saturated rings. The molecule has 2 aliphatic rings. The van der Waals surface area contributed by atoms with Gasteiger partial charge in [0.25, 0.3) is 5.91 Å². The number of pyridine rings is 1. The second-order valence-corrected chi connectivity index (χ2v) is 8.68. The van der Waals surface area contributed by atoms with Crippen molar-refractivity contribution in [1.82, 2.24) is 9.88 Å². The Labute approximate surface area is 153 Å². The Morgan fingerprint density at radius 2 is 1.92 bits per heavy atom. The summed E-state index contributed by atoms with van der Waals surface area (Å²) < 4.78 is 0. The standard InChI is InChI=1S/C20H27N3OS/c1-13-8-10-23(11-9-13)20(24)18-17(21)15-12-14-6-4-2-3-5-7-16(14)22-19(15)25-18/h12-13H,2-11,21H2,1H3. The molecule has 1 aliphatic heterocycles. The van der Waals surface area contributed by atoms with Crippen LogP contribution >= 0.6 is 11.3 Å². The van der Waals surface area contributed by atoms with Gasteiger partial charge in [0, 0.05) is 24.2 Å². The number of nitrogens with two attached hydrogens (primary N) is 1. The molecular weight excluding hydrogens is 330 g/mol. The zero-order chi connectivity index (χ0) is 17.4. The summed E-state index contributed by atoms with van der Waals surface area (Å²) in [6, 6.07) is 2.21. The molecule has 0 bridgehead atoms. The molecule has 2 N–H and O–H groups in total. The van der Waals surface area contributed by atoms with Crippen molar-refractivity contribution in [3.8, 4) is 0 Å². The number of anilines is 1. The highest BCUT2D eigenvalue weighted by Gasteiger charge is 2.26. The van der Waals surface area contributed by atoms with E-state index in [2.05, 4.69) is 13.0 Å². The van der Waals surface area contributed by atoms with Gasteiger partial charge in [0.2, 0.25) is 0 Å². The third-order valence-electron chi connectivity index (χ3n) is 5.76. The maximum Gasteiger partial charge on any atom is 0.266 e. The first kappa shape index (κ1) is 16.8. The number of carbonyl (C=O) groups is 1. The highest BCUT2D eigenvalue weighted by Crippen LogP contribution is 2.36. The van der Waals surface area contributed by atoms with E-state index >= 15 is 0 Å². The van der Waals surface area contributed by atoms with Gasteiger partial charge in [-0.25, -0.2) is 4.98 Å². The average Bonchev–Trinajstić information content (AvgIpc) is 2.91. The molecule has 4 nitrogen and oxygen atoms in total. The minimum absolute atomic E-state index is 0.0971. The monoisotopic (exact) mass is 357 g/mol. The Kier molecular flexibility index (Phi) is 4.67. The summed E-state index contributed by atoms with van der Waals surface area (Å²) in [5.41, 5.74) is 9.60. The van der Waals surface area contributed by atoms with Crippen molar-refractivity contribution in [2.24, 2.45) is 5.92 Å². The Bertz CT molecular complexity index is 790. The lowest BCUT2D eigenvalue weighted by Gasteiger charge is -2.30. The number of carbonyl (C=O) groups excluding carboxylic acids is 1. The highest BCUT2D eigenvalue weighted by molar-refractivity contribution is 7.21. The molecular formula is C20H27N3OS. The molecule has 2 aromatic heterocycles. The number of fused-ring (bicyclic) bond motifs is 2. The number of hydrogen-bond donors (Lipinski definition) is 1. The maximum atomic E-state index is 13.0. The quantitative estimate of drug-likeness (QED) is 0.822. The van der Waals surface area contributed by atoms with E-state index in [1.54, 1.807) is 0 Å². The van der Waals surface area contributed by atoms with Crippen molar-refractivity contribution in [3.05, 3.63) is 22.2 Å². The fourth-order valence-corrected chi connectivity index (χ4v) is 5.09. The van der Waals surface area contributed by atoms with Crippen LogP contribution in [-0.4, -0.2) is 28.9 Å². The summed E-state index contributed by atoms with van der Waals surface area (Å²) in [6.45, 7) is 3.95. The number of nitrogens with zero attached hydrogens (tertiary/aromatic N) is 2. The number of thiophene rings is 1. The number of aryl methyl sites for hydroxylation is 2. The Morgan fingerprint density at radius 1 is 1.20 bits per heavy atom. The van der Waals surface area contributed by atoms with Crippen LogP contribution in [0.25, 0.3) is 10.2 Å². The van der Waals surface area contributed by atoms with E-state index in [0.29, 0.717) is 16.5 Å². The van der Waals surface area contributed by atoms with E-state index in [0.717, 1.165) is 49.0 Å².